The van der Waals surface area contributed by atoms with E-state index in [0.29, 0.717) is 28.2 Å². The van der Waals surface area contributed by atoms with Crippen LogP contribution in [-0.4, -0.2) is 31.2 Å². The molecule has 0 spiro atoms. The van der Waals surface area contributed by atoms with E-state index in [0.717, 1.165) is 11.1 Å². The molecule has 1 atom stereocenters. The quantitative estimate of drug-likeness (QED) is 0.302. The lowest BCUT2D eigenvalue weighted by atomic mass is 9.78. The Kier molecular flexibility index (Phi) is 9.14. The first kappa shape index (κ1) is 24.6. The molecule has 2 radical (unpaired) electrons. The van der Waals surface area contributed by atoms with Crippen LogP contribution in [0.15, 0.2) is 36.4 Å². The average molecular weight is 472 g/mol. The number of rotatable bonds is 10. The molecule has 2 aromatic carbocycles. The highest BCUT2D eigenvalue weighted by molar-refractivity contribution is 6.32. The minimum absolute atomic E-state index is 0.118. The SMILES string of the molecule is [CH2][CH]COc1ccc(C(C)(C)c2ccc(OC[C@H](CCl)OC(C)=O)c(Cl)c2)cc1Cl. The Balaban J connectivity index is 2.17. The first-order valence-electron chi connectivity index (χ1n) is 9.38. The van der Waals surface area contributed by atoms with Crippen molar-refractivity contribution in [2.45, 2.75) is 32.3 Å². The largest absolute Gasteiger partial charge is 0.492 e. The van der Waals surface area contributed by atoms with E-state index in [1.807, 2.05) is 30.3 Å². The van der Waals surface area contributed by atoms with Gasteiger partial charge in [0.15, 0.2) is 0 Å². The van der Waals surface area contributed by atoms with Crippen LogP contribution >= 0.6 is 34.8 Å². The van der Waals surface area contributed by atoms with Crippen LogP contribution in [-0.2, 0) is 14.9 Å². The summed E-state index contributed by atoms with van der Waals surface area (Å²) in [5.74, 6) is 0.825. The van der Waals surface area contributed by atoms with Crippen molar-refractivity contribution in [1.29, 1.82) is 0 Å². The van der Waals surface area contributed by atoms with Crippen LogP contribution in [0.3, 0.4) is 0 Å². The minimum atomic E-state index is -0.541. The molecule has 0 aliphatic rings. The average Bonchev–Trinajstić information content (AvgIpc) is 2.70. The van der Waals surface area contributed by atoms with Crippen molar-refractivity contribution in [3.63, 3.8) is 0 Å². The predicted molar refractivity (Wildman–Crippen MR) is 122 cm³/mol. The van der Waals surface area contributed by atoms with Gasteiger partial charge in [-0.3, -0.25) is 4.79 Å². The number of carbonyl (C=O) groups is 1. The minimum Gasteiger partial charge on any atom is -0.492 e. The van der Waals surface area contributed by atoms with Crippen LogP contribution < -0.4 is 9.47 Å². The number of halogens is 3. The molecule has 7 heteroatoms. The topological polar surface area (TPSA) is 44.8 Å². The van der Waals surface area contributed by atoms with Gasteiger partial charge in [0.25, 0.3) is 0 Å². The highest BCUT2D eigenvalue weighted by atomic mass is 35.5. The molecule has 0 amide bonds. The van der Waals surface area contributed by atoms with Gasteiger partial charge >= 0.3 is 5.97 Å². The summed E-state index contributed by atoms with van der Waals surface area (Å²) in [6.07, 6.45) is 1.13. The van der Waals surface area contributed by atoms with Crippen molar-refractivity contribution in [3.8, 4) is 11.5 Å². The zero-order valence-electron chi connectivity index (χ0n) is 17.2. The molecule has 30 heavy (non-hydrogen) atoms. The summed E-state index contributed by atoms with van der Waals surface area (Å²) in [6.45, 7) is 9.64. The third-order valence-electron chi connectivity index (χ3n) is 4.59. The lowest BCUT2D eigenvalue weighted by molar-refractivity contribution is -0.146. The Morgan fingerprint density at radius 2 is 1.60 bits per heavy atom. The normalized spacial score (nSPS) is 12.4. The summed E-state index contributed by atoms with van der Waals surface area (Å²) in [5, 5.41) is 0.986. The Morgan fingerprint density at radius 1 is 1.07 bits per heavy atom. The Morgan fingerprint density at radius 3 is 2.03 bits per heavy atom. The van der Waals surface area contributed by atoms with Gasteiger partial charge in [-0.2, -0.15) is 0 Å². The van der Waals surface area contributed by atoms with Crippen molar-refractivity contribution in [3.05, 3.63) is 70.9 Å². The lowest BCUT2D eigenvalue weighted by Gasteiger charge is -2.27. The zero-order valence-corrected chi connectivity index (χ0v) is 19.5. The fraction of sp³-hybridized carbons (Fsp3) is 0.348. The van der Waals surface area contributed by atoms with E-state index in [1.54, 1.807) is 12.5 Å². The monoisotopic (exact) mass is 470 g/mol. The lowest BCUT2D eigenvalue weighted by Crippen LogP contribution is -2.25. The van der Waals surface area contributed by atoms with E-state index in [9.17, 15) is 4.79 Å². The number of ether oxygens (including phenoxy) is 3. The fourth-order valence-corrected chi connectivity index (χ4v) is 3.48. The van der Waals surface area contributed by atoms with E-state index in [4.69, 9.17) is 49.0 Å². The van der Waals surface area contributed by atoms with E-state index < -0.39 is 12.1 Å². The molecule has 0 heterocycles. The fourth-order valence-electron chi connectivity index (χ4n) is 2.86. The van der Waals surface area contributed by atoms with Crippen molar-refractivity contribution in [2.24, 2.45) is 0 Å². The summed E-state index contributed by atoms with van der Waals surface area (Å²) >= 11 is 18.6. The number of alkyl halides is 1. The van der Waals surface area contributed by atoms with E-state index in [1.165, 1.54) is 6.92 Å². The summed E-state index contributed by atoms with van der Waals surface area (Å²) in [6, 6.07) is 11.3. The number of benzene rings is 2. The maximum Gasteiger partial charge on any atom is 0.303 e. The summed E-state index contributed by atoms with van der Waals surface area (Å²) in [7, 11) is 0. The molecule has 0 aliphatic heterocycles. The van der Waals surface area contributed by atoms with Crippen LogP contribution in [0, 0.1) is 13.3 Å². The second-order valence-corrected chi connectivity index (χ2v) is 8.33. The number of hydrogen-bond donors (Lipinski definition) is 0. The molecule has 0 fully saturated rings. The highest BCUT2D eigenvalue weighted by Crippen LogP contribution is 2.38. The number of esters is 1. The standard InChI is InChI=1S/C23H25Cl3O4/c1-5-10-28-21-8-6-16(11-19(21)25)23(3,4)17-7-9-22(20(26)12-17)29-14-18(13-24)30-15(2)27/h5-9,11-12,18H,1,10,13-14H2,2-4H3/t18-/m0/s1. The first-order valence-corrected chi connectivity index (χ1v) is 10.7. The van der Waals surface area contributed by atoms with Gasteiger partial charge in [0.05, 0.1) is 22.5 Å². The van der Waals surface area contributed by atoms with Crippen LogP contribution in [0.5, 0.6) is 11.5 Å². The first-order chi connectivity index (χ1) is 14.2. The van der Waals surface area contributed by atoms with Gasteiger partial charge < -0.3 is 14.2 Å². The van der Waals surface area contributed by atoms with Gasteiger partial charge in [-0.15, -0.1) is 11.6 Å². The third kappa shape index (κ3) is 6.44. The van der Waals surface area contributed by atoms with E-state index in [2.05, 4.69) is 20.8 Å². The molecule has 0 aromatic heterocycles. The molecule has 2 aromatic rings. The van der Waals surface area contributed by atoms with Crippen LogP contribution in [0.2, 0.25) is 10.0 Å². The van der Waals surface area contributed by atoms with Crippen LogP contribution in [0.1, 0.15) is 31.9 Å². The van der Waals surface area contributed by atoms with Crippen LogP contribution in [0.4, 0.5) is 0 Å². The summed E-state index contributed by atoms with van der Waals surface area (Å²) in [5.41, 5.74) is 1.64. The van der Waals surface area contributed by atoms with Crippen molar-refractivity contribution < 1.29 is 19.0 Å². The maximum absolute atomic E-state index is 11.1. The molecule has 2 rings (SSSR count). The second kappa shape index (κ2) is 11.1. The molecule has 0 saturated carbocycles. The number of hydrogen-bond acceptors (Lipinski definition) is 4. The molecule has 0 saturated heterocycles. The Labute approximate surface area is 193 Å². The maximum atomic E-state index is 11.1. The van der Waals surface area contributed by atoms with Crippen molar-refractivity contribution in [2.75, 3.05) is 19.1 Å². The van der Waals surface area contributed by atoms with Crippen LogP contribution in [0.25, 0.3) is 0 Å². The summed E-state index contributed by atoms with van der Waals surface area (Å²) < 4.78 is 16.3. The molecular formula is C23H25Cl3O4. The highest BCUT2D eigenvalue weighted by Gasteiger charge is 2.25. The molecule has 0 unspecified atom stereocenters. The van der Waals surface area contributed by atoms with Gasteiger partial charge in [-0.05, 0) is 48.7 Å². The zero-order chi connectivity index (χ0) is 22.3. The smallest absolute Gasteiger partial charge is 0.303 e. The van der Waals surface area contributed by atoms with Gasteiger partial charge in [-0.25, -0.2) is 0 Å². The third-order valence-corrected chi connectivity index (χ3v) is 5.53. The molecule has 4 nitrogen and oxygen atoms in total. The molecule has 162 valence electrons. The molecule has 0 bridgehead atoms. The summed E-state index contributed by atoms with van der Waals surface area (Å²) in [4.78, 5) is 11.1. The number of carbonyl (C=O) groups excluding carboxylic acids is 1. The van der Waals surface area contributed by atoms with Gasteiger partial charge in [0.1, 0.15) is 24.2 Å². The van der Waals surface area contributed by atoms with Crippen molar-refractivity contribution >= 4 is 40.8 Å². The Hall–Kier alpha value is -1.62. The Bertz CT molecular complexity index is 868. The molecule has 0 aliphatic carbocycles. The predicted octanol–water partition coefficient (Wildman–Crippen LogP) is 6.29. The molecule has 0 N–H and O–H groups in total. The van der Waals surface area contributed by atoms with Gasteiger partial charge in [0.2, 0.25) is 0 Å². The van der Waals surface area contributed by atoms with Crippen molar-refractivity contribution in [1.82, 2.24) is 0 Å². The van der Waals surface area contributed by atoms with E-state index >= 15 is 0 Å². The second-order valence-electron chi connectivity index (χ2n) is 7.21. The van der Waals surface area contributed by atoms with Gasteiger partial charge in [-0.1, -0.05) is 49.2 Å². The molecular weight excluding hydrogens is 447 g/mol. The van der Waals surface area contributed by atoms with E-state index in [-0.39, 0.29) is 17.9 Å². The van der Waals surface area contributed by atoms with Gasteiger partial charge in [0, 0.05) is 12.3 Å².